The lowest BCUT2D eigenvalue weighted by atomic mass is 10.1. The van der Waals surface area contributed by atoms with Gasteiger partial charge in [-0.05, 0) is 30.7 Å². The van der Waals surface area contributed by atoms with Crippen molar-refractivity contribution in [1.29, 1.82) is 0 Å². The lowest BCUT2D eigenvalue weighted by Gasteiger charge is -2.15. The minimum Gasteiger partial charge on any atom is -0.372 e. The van der Waals surface area contributed by atoms with Gasteiger partial charge >= 0.3 is 0 Å². The van der Waals surface area contributed by atoms with E-state index in [4.69, 9.17) is 11.6 Å². The zero-order valence-electron chi connectivity index (χ0n) is 11.2. The van der Waals surface area contributed by atoms with E-state index in [1.165, 1.54) is 0 Å². The summed E-state index contributed by atoms with van der Waals surface area (Å²) < 4.78 is 0. The van der Waals surface area contributed by atoms with Crippen LogP contribution in [0.25, 0.3) is 0 Å². The molecule has 0 aliphatic heterocycles. The van der Waals surface area contributed by atoms with Crippen LogP contribution in [0.2, 0.25) is 5.02 Å². The molecule has 2 N–H and O–H groups in total. The molecule has 20 heavy (non-hydrogen) atoms. The number of amides is 1. The summed E-state index contributed by atoms with van der Waals surface area (Å²) >= 11 is 6.10. The molecule has 1 aromatic carbocycles. The smallest absolute Gasteiger partial charge is 0.272 e. The molecule has 2 rings (SSSR count). The second-order valence-corrected chi connectivity index (χ2v) is 4.68. The summed E-state index contributed by atoms with van der Waals surface area (Å²) in [5.41, 5.74) is 1.13. The Morgan fingerprint density at radius 2 is 1.95 bits per heavy atom. The van der Waals surface area contributed by atoms with Crippen LogP contribution in [-0.2, 0) is 0 Å². The molecule has 0 saturated heterocycles. The number of halogens is 1. The maximum absolute atomic E-state index is 12.1. The molecule has 0 spiro atoms. The van der Waals surface area contributed by atoms with E-state index in [1.54, 1.807) is 25.2 Å². The predicted molar refractivity (Wildman–Crippen MR) is 78.9 cm³/mol. The number of carbonyl (C=O) groups excluding carboxylic acids is 1. The molecule has 2 aromatic rings. The van der Waals surface area contributed by atoms with Crippen LogP contribution in [0.3, 0.4) is 0 Å². The van der Waals surface area contributed by atoms with Gasteiger partial charge in [0, 0.05) is 12.1 Å². The van der Waals surface area contributed by atoms with Crippen LogP contribution in [0.15, 0.2) is 36.4 Å². The van der Waals surface area contributed by atoms with Crippen LogP contribution in [0, 0.1) is 0 Å². The fourth-order valence-electron chi connectivity index (χ4n) is 1.76. The van der Waals surface area contributed by atoms with Gasteiger partial charge in [-0.25, -0.2) is 0 Å². The van der Waals surface area contributed by atoms with Gasteiger partial charge in [0.2, 0.25) is 0 Å². The highest BCUT2D eigenvalue weighted by Gasteiger charge is 2.14. The van der Waals surface area contributed by atoms with E-state index in [1.807, 2.05) is 25.1 Å². The average molecular weight is 291 g/mol. The molecule has 0 aliphatic carbocycles. The Labute approximate surface area is 122 Å². The minimum absolute atomic E-state index is 0.207. The molecule has 6 heteroatoms. The van der Waals surface area contributed by atoms with Crippen LogP contribution >= 0.6 is 11.6 Å². The largest absolute Gasteiger partial charge is 0.372 e. The molecule has 1 aromatic heterocycles. The first-order valence-electron chi connectivity index (χ1n) is 6.18. The van der Waals surface area contributed by atoms with Crippen LogP contribution < -0.4 is 10.6 Å². The fraction of sp³-hybridized carbons (Fsp3) is 0.214. The van der Waals surface area contributed by atoms with Gasteiger partial charge in [-0.15, -0.1) is 10.2 Å². The number of benzene rings is 1. The Morgan fingerprint density at radius 3 is 2.55 bits per heavy atom. The van der Waals surface area contributed by atoms with Crippen molar-refractivity contribution in [3.05, 3.63) is 52.7 Å². The summed E-state index contributed by atoms with van der Waals surface area (Å²) in [4.78, 5) is 12.1. The van der Waals surface area contributed by atoms with Crippen LogP contribution in [0.1, 0.15) is 29.0 Å². The first-order valence-corrected chi connectivity index (χ1v) is 6.56. The average Bonchev–Trinajstić information content (AvgIpc) is 2.47. The molecule has 1 amide bonds. The first kappa shape index (κ1) is 14.3. The number of rotatable bonds is 4. The zero-order chi connectivity index (χ0) is 14.5. The zero-order valence-corrected chi connectivity index (χ0v) is 12.0. The molecular weight excluding hydrogens is 276 g/mol. The van der Waals surface area contributed by atoms with Crippen LogP contribution in [0.4, 0.5) is 5.82 Å². The standard InChI is InChI=1S/C14H15ClN4O/c1-9(10-5-3-4-6-11(10)15)17-14(20)12-7-8-13(16-2)19-18-12/h3-9H,1-2H3,(H,16,19)(H,17,20). The summed E-state index contributed by atoms with van der Waals surface area (Å²) in [6.45, 7) is 1.87. The Morgan fingerprint density at radius 1 is 1.20 bits per heavy atom. The van der Waals surface area contributed by atoms with E-state index in [9.17, 15) is 4.79 Å². The number of carbonyl (C=O) groups is 1. The van der Waals surface area contributed by atoms with E-state index in [0.717, 1.165) is 5.56 Å². The third-order valence-corrected chi connectivity index (χ3v) is 3.22. The highest BCUT2D eigenvalue weighted by molar-refractivity contribution is 6.31. The van der Waals surface area contributed by atoms with Crippen LogP contribution in [-0.4, -0.2) is 23.2 Å². The summed E-state index contributed by atoms with van der Waals surface area (Å²) in [6.07, 6.45) is 0. The Bertz CT molecular complexity index is 600. The summed E-state index contributed by atoms with van der Waals surface area (Å²) in [5.74, 6) is 0.327. The monoisotopic (exact) mass is 290 g/mol. The van der Waals surface area contributed by atoms with Gasteiger partial charge in [0.25, 0.3) is 5.91 Å². The van der Waals surface area contributed by atoms with Crippen molar-refractivity contribution in [2.45, 2.75) is 13.0 Å². The molecule has 0 aliphatic rings. The molecule has 1 atom stereocenters. The summed E-state index contributed by atoms with van der Waals surface area (Å²) in [5, 5.41) is 14.0. The molecule has 5 nitrogen and oxygen atoms in total. The fourth-order valence-corrected chi connectivity index (χ4v) is 2.06. The van der Waals surface area contributed by atoms with Crippen molar-refractivity contribution in [3.63, 3.8) is 0 Å². The van der Waals surface area contributed by atoms with Gasteiger partial charge in [0.1, 0.15) is 5.82 Å². The number of anilines is 1. The van der Waals surface area contributed by atoms with E-state index < -0.39 is 0 Å². The van der Waals surface area contributed by atoms with Gasteiger partial charge in [-0.2, -0.15) is 0 Å². The van der Waals surface area contributed by atoms with E-state index in [-0.39, 0.29) is 17.6 Å². The van der Waals surface area contributed by atoms with E-state index >= 15 is 0 Å². The second kappa shape index (κ2) is 6.34. The summed E-state index contributed by atoms with van der Waals surface area (Å²) in [6, 6.07) is 10.5. The third-order valence-electron chi connectivity index (χ3n) is 2.87. The van der Waals surface area contributed by atoms with Crippen molar-refractivity contribution in [3.8, 4) is 0 Å². The molecule has 0 radical (unpaired) electrons. The number of hydrogen-bond acceptors (Lipinski definition) is 4. The topological polar surface area (TPSA) is 66.9 Å². The van der Waals surface area contributed by atoms with Crippen molar-refractivity contribution in [1.82, 2.24) is 15.5 Å². The first-order chi connectivity index (χ1) is 9.61. The highest BCUT2D eigenvalue weighted by atomic mass is 35.5. The number of aromatic nitrogens is 2. The highest BCUT2D eigenvalue weighted by Crippen LogP contribution is 2.22. The van der Waals surface area contributed by atoms with Gasteiger partial charge in [-0.3, -0.25) is 4.79 Å². The Balaban J connectivity index is 2.09. The van der Waals surface area contributed by atoms with Crippen molar-refractivity contribution in [2.75, 3.05) is 12.4 Å². The second-order valence-electron chi connectivity index (χ2n) is 4.27. The lowest BCUT2D eigenvalue weighted by Crippen LogP contribution is -2.27. The summed E-state index contributed by atoms with van der Waals surface area (Å²) in [7, 11) is 1.74. The molecule has 1 unspecified atom stereocenters. The maximum Gasteiger partial charge on any atom is 0.272 e. The van der Waals surface area contributed by atoms with E-state index in [0.29, 0.717) is 10.8 Å². The van der Waals surface area contributed by atoms with Crippen LogP contribution in [0.5, 0.6) is 0 Å². The van der Waals surface area contributed by atoms with Gasteiger partial charge in [0.15, 0.2) is 5.69 Å². The van der Waals surface area contributed by atoms with Gasteiger partial charge in [-0.1, -0.05) is 29.8 Å². The Kier molecular flexibility index (Phi) is 4.53. The molecular formula is C14H15ClN4O. The van der Waals surface area contributed by atoms with Crippen molar-refractivity contribution >= 4 is 23.3 Å². The SMILES string of the molecule is CNc1ccc(C(=O)NC(C)c2ccccc2Cl)nn1. The van der Waals surface area contributed by atoms with Crippen molar-refractivity contribution in [2.24, 2.45) is 0 Å². The molecule has 104 valence electrons. The van der Waals surface area contributed by atoms with Gasteiger partial charge < -0.3 is 10.6 Å². The quantitative estimate of drug-likeness (QED) is 0.908. The van der Waals surface area contributed by atoms with Crippen molar-refractivity contribution < 1.29 is 4.79 Å². The molecule has 0 saturated carbocycles. The number of hydrogen-bond donors (Lipinski definition) is 2. The maximum atomic E-state index is 12.1. The molecule has 0 bridgehead atoms. The van der Waals surface area contributed by atoms with Gasteiger partial charge in [0.05, 0.1) is 6.04 Å². The van der Waals surface area contributed by atoms with E-state index in [2.05, 4.69) is 20.8 Å². The normalized spacial score (nSPS) is 11.8. The minimum atomic E-state index is -0.285. The third kappa shape index (κ3) is 3.24. The lowest BCUT2D eigenvalue weighted by molar-refractivity contribution is 0.0934. The molecule has 0 fully saturated rings. The number of nitrogens with one attached hydrogen (secondary N) is 2. The Hall–Kier alpha value is -2.14. The molecule has 1 heterocycles. The number of nitrogens with zero attached hydrogens (tertiary/aromatic N) is 2. The predicted octanol–water partition coefficient (Wildman–Crippen LogP) is 2.66.